The second kappa shape index (κ2) is 1.53. The van der Waals surface area contributed by atoms with Crippen LogP contribution in [0.4, 0.5) is 0 Å². The fourth-order valence-corrected chi connectivity index (χ4v) is 0.732. The van der Waals surface area contributed by atoms with Crippen LogP contribution in [0.3, 0.4) is 0 Å². The van der Waals surface area contributed by atoms with Gasteiger partial charge in [0.2, 0.25) is 0 Å². The van der Waals surface area contributed by atoms with E-state index in [4.69, 9.17) is 0 Å². The topological polar surface area (TPSA) is 17.3 Å². The maximum absolute atomic E-state index is 3.88. The van der Waals surface area contributed by atoms with E-state index in [2.05, 4.69) is 4.83 Å². The van der Waals surface area contributed by atoms with Crippen molar-refractivity contribution in [3.8, 4) is 0 Å². The van der Waals surface area contributed by atoms with Gasteiger partial charge >= 0.3 is 0 Å². The number of hydrogen-bond donors (Lipinski definition) is 0. The first-order valence-corrected chi connectivity index (χ1v) is 2.49. The van der Waals surface area contributed by atoms with Crippen LogP contribution in [0.1, 0.15) is 0 Å². The molecule has 0 aromatic heterocycles. The monoisotopic (exact) mass is 101 g/mol. The zero-order valence-electron chi connectivity index (χ0n) is 3.46. The van der Waals surface area contributed by atoms with Gasteiger partial charge in [-0.1, -0.05) is 0 Å². The van der Waals surface area contributed by atoms with Crippen LogP contribution < -0.4 is 0 Å². The summed E-state index contributed by atoms with van der Waals surface area (Å²) in [7, 11) is 1.90. The van der Waals surface area contributed by atoms with Crippen LogP contribution in [0.5, 0.6) is 0 Å². The van der Waals surface area contributed by atoms with E-state index in [1.54, 1.807) is 5.01 Å². The van der Waals surface area contributed by atoms with Crippen molar-refractivity contribution in [2.75, 3.05) is 7.05 Å². The van der Waals surface area contributed by atoms with Gasteiger partial charge in [0, 0.05) is 0 Å². The molecule has 1 heterocycles. The summed E-state index contributed by atoms with van der Waals surface area (Å²) in [5, 5.41) is 3.70. The van der Waals surface area contributed by atoms with Crippen LogP contribution in [0.25, 0.3) is 4.83 Å². The Hall–Kier alpha value is -0.150. The lowest BCUT2D eigenvalue weighted by Crippen LogP contribution is -1.93. The third-order valence-electron chi connectivity index (χ3n) is 0.513. The predicted molar refractivity (Wildman–Crippen MR) is 27.9 cm³/mol. The zero-order valence-corrected chi connectivity index (χ0v) is 4.27. The van der Waals surface area contributed by atoms with Crippen LogP contribution >= 0.6 is 11.9 Å². The van der Waals surface area contributed by atoms with Gasteiger partial charge in [-0.3, -0.25) is 0 Å². The highest BCUT2D eigenvalue weighted by atomic mass is 32.2. The molecule has 0 N–H and O–H groups in total. The van der Waals surface area contributed by atoms with Gasteiger partial charge in [0.15, 0.2) is 0 Å². The van der Waals surface area contributed by atoms with Crippen LogP contribution in [0.2, 0.25) is 0 Å². The molecule has 0 fully saturated rings. The summed E-state index contributed by atoms with van der Waals surface area (Å²) in [5.74, 6) is 0. The van der Waals surface area contributed by atoms with E-state index in [0.717, 1.165) is 0 Å². The molecule has 0 bridgehead atoms. The average Bonchev–Trinajstić information content (AvgIpc) is 1.86. The first-order chi connectivity index (χ1) is 2.89. The van der Waals surface area contributed by atoms with Crippen LogP contribution in [-0.4, -0.2) is 12.1 Å². The highest BCUT2D eigenvalue weighted by molar-refractivity contribution is 8.04. The second-order valence-electron chi connectivity index (χ2n) is 1.05. The lowest BCUT2D eigenvalue weighted by Gasteiger charge is -2.22. The maximum Gasteiger partial charge on any atom is -0.0121 e. The van der Waals surface area contributed by atoms with Crippen molar-refractivity contribution in [1.82, 2.24) is 5.01 Å². The van der Waals surface area contributed by atoms with E-state index in [9.17, 15) is 0 Å². The number of nitrogens with zero attached hydrogens (tertiary/aromatic N) is 2. The summed E-state index contributed by atoms with van der Waals surface area (Å²) in [6.07, 6.45) is 1.91. The van der Waals surface area contributed by atoms with Gasteiger partial charge in [0.05, 0.1) is 0 Å². The molecule has 0 spiro atoms. The number of rotatable bonds is 0. The molecule has 0 saturated carbocycles. The summed E-state index contributed by atoms with van der Waals surface area (Å²) in [6, 6.07) is 0. The van der Waals surface area contributed by atoms with Crippen molar-refractivity contribution in [2.45, 2.75) is 0 Å². The minimum Gasteiger partial charge on any atom is -0.509 e. The fourth-order valence-electron chi connectivity index (χ4n) is 0.244. The Balaban J connectivity index is 2.38. The SMILES string of the molecule is CN1C=CS[N-]1. The minimum atomic E-state index is 1.45. The van der Waals surface area contributed by atoms with Crippen molar-refractivity contribution in [2.24, 2.45) is 0 Å². The van der Waals surface area contributed by atoms with E-state index in [1.165, 1.54) is 11.9 Å². The highest BCUT2D eigenvalue weighted by Gasteiger charge is 1.76. The lowest BCUT2D eigenvalue weighted by atomic mass is 11.0. The molecule has 0 radical (unpaired) electrons. The van der Waals surface area contributed by atoms with Gasteiger partial charge in [-0.15, -0.1) is 0 Å². The maximum atomic E-state index is 3.88. The molecule has 3 heteroatoms. The van der Waals surface area contributed by atoms with Crippen LogP contribution in [0, 0.1) is 0 Å². The normalized spacial score (nSPS) is 19.8. The van der Waals surface area contributed by atoms with Crippen LogP contribution in [-0.2, 0) is 0 Å². The lowest BCUT2D eigenvalue weighted by molar-refractivity contribution is 0.624. The zero-order chi connectivity index (χ0) is 4.41. The molecular formula is C3H5N2S-. The third-order valence-corrected chi connectivity index (χ3v) is 1.11. The molecule has 1 rings (SSSR count). The van der Waals surface area contributed by atoms with Crippen molar-refractivity contribution < 1.29 is 0 Å². The fraction of sp³-hybridized carbons (Fsp3) is 0.333. The van der Waals surface area contributed by atoms with Gasteiger partial charge in [-0.25, -0.2) is 11.9 Å². The molecule has 1 aliphatic heterocycles. The first kappa shape index (κ1) is 4.02. The van der Waals surface area contributed by atoms with Gasteiger partial charge < -0.3 is 9.84 Å². The standard InChI is InChI=1S/C3H5N2S/c1-5-2-3-6-4-5/h2-3H,1H3/q-1. The third kappa shape index (κ3) is 0.666. The van der Waals surface area contributed by atoms with Crippen molar-refractivity contribution in [1.29, 1.82) is 0 Å². The van der Waals surface area contributed by atoms with E-state index < -0.39 is 0 Å². The number of hydrogen-bond acceptors (Lipinski definition) is 2. The molecule has 34 valence electrons. The Morgan fingerprint density at radius 2 is 2.67 bits per heavy atom. The summed E-state index contributed by atoms with van der Waals surface area (Å²) in [4.78, 5) is 3.88. The summed E-state index contributed by atoms with van der Waals surface area (Å²) in [6.45, 7) is 0. The predicted octanol–water partition coefficient (Wildman–Crippen LogP) is 1.34. The Morgan fingerprint density at radius 1 is 1.83 bits per heavy atom. The first-order valence-electron chi connectivity index (χ1n) is 1.66. The molecule has 0 saturated heterocycles. The van der Waals surface area contributed by atoms with Gasteiger partial charge in [-0.05, 0) is 18.7 Å². The van der Waals surface area contributed by atoms with Gasteiger partial charge in [-0.2, -0.15) is 0 Å². The average molecular weight is 101 g/mol. The largest absolute Gasteiger partial charge is 0.509 e. The smallest absolute Gasteiger partial charge is 0.0121 e. The van der Waals surface area contributed by atoms with E-state index in [-0.39, 0.29) is 0 Å². The molecular weight excluding hydrogens is 96.1 g/mol. The Morgan fingerprint density at radius 3 is 2.83 bits per heavy atom. The van der Waals surface area contributed by atoms with Crippen molar-refractivity contribution in [3.05, 3.63) is 16.4 Å². The minimum absolute atomic E-state index is 1.45. The summed E-state index contributed by atoms with van der Waals surface area (Å²) in [5.41, 5.74) is 0. The van der Waals surface area contributed by atoms with Crippen LogP contribution in [0.15, 0.2) is 11.6 Å². The van der Waals surface area contributed by atoms with E-state index >= 15 is 0 Å². The second-order valence-corrected chi connectivity index (χ2v) is 1.69. The molecule has 2 nitrogen and oxygen atoms in total. The van der Waals surface area contributed by atoms with E-state index in [0.29, 0.717) is 0 Å². The molecule has 0 aromatic carbocycles. The molecule has 0 atom stereocenters. The molecule has 1 aliphatic rings. The van der Waals surface area contributed by atoms with Crippen molar-refractivity contribution >= 4 is 11.9 Å². The Bertz CT molecular complexity index is 71.2. The molecule has 0 amide bonds. The molecule has 0 aliphatic carbocycles. The van der Waals surface area contributed by atoms with E-state index in [1.807, 2.05) is 18.7 Å². The highest BCUT2D eigenvalue weighted by Crippen LogP contribution is 2.21. The van der Waals surface area contributed by atoms with Gasteiger partial charge in [0.25, 0.3) is 0 Å². The molecule has 0 unspecified atom stereocenters. The quantitative estimate of drug-likeness (QED) is 0.428. The molecule has 0 aromatic rings. The summed E-state index contributed by atoms with van der Waals surface area (Å²) < 4.78 is 0. The van der Waals surface area contributed by atoms with Crippen molar-refractivity contribution in [3.63, 3.8) is 0 Å². The molecule has 6 heavy (non-hydrogen) atoms. The van der Waals surface area contributed by atoms with Gasteiger partial charge in [0.1, 0.15) is 0 Å². The summed E-state index contributed by atoms with van der Waals surface area (Å²) >= 11 is 1.45. The Labute approximate surface area is 41.3 Å². The Kier molecular flexibility index (Phi) is 1.03.